The van der Waals surface area contributed by atoms with Crippen molar-refractivity contribution in [1.29, 1.82) is 0 Å². The van der Waals surface area contributed by atoms with E-state index in [2.05, 4.69) is 28.2 Å². The van der Waals surface area contributed by atoms with Crippen LogP contribution in [-0.4, -0.2) is 29.3 Å². The van der Waals surface area contributed by atoms with E-state index in [1.165, 1.54) is 0 Å². The Bertz CT molecular complexity index is 795. The van der Waals surface area contributed by atoms with Gasteiger partial charge in [0.1, 0.15) is 6.04 Å². The molecule has 0 unspecified atom stereocenters. The Hall–Kier alpha value is -1.85. The third-order valence-electron chi connectivity index (χ3n) is 4.51. The Morgan fingerprint density at radius 1 is 1.14 bits per heavy atom. The first kappa shape index (κ1) is 22.4. The lowest BCUT2D eigenvalue weighted by molar-refractivity contribution is -0.140. The lowest BCUT2D eigenvalue weighted by atomic mass is 10.1. The predicted octanol–water partition coefficient (Wildman–Crippen LogP) is 4.98. The van der Waals surface area contributed by atoms with Crippen LogP contribution in [0.5, 0.6) is 0 Å². The van der Waals surface area contributed by atoms with Crippen LogP contribution in [0.15, 0.2) is 53.0 Å². The molecule has 150 valence electrons. The van der Waals surface area contributed by atoms with Crippen LogP contribution in [0.2, 0.25) is 5.02 Å². The second-order valence-corrected chi connectivity index (χ2v) is 8.13. The second kappa shape index (κ2) is 11.2. The summed E-state index contributed by atoms with van der Waals surface area (Å²) in [6, 6.07) is 14.4. The molecule has 0 aliphatic rings. The quantitative estimate of drug-likeness (QED) is 0.531. The van der Waals surface area contributed by atoms with Gasteiger partial charge in [0.2, 0.25) is 11.8 Å². The van der Waals surface area contributed by atoms with E-state index in [4.69, 9.17) is 11.6 Å². The van der Waals surface area contributed by atoms with Gasteiger partial charge >= 0.3 is 0 Å². The molecule has 0 radical (unpaired) electrons. The number of halogens is 2. The zero-order valence-electron chi connectivity index (χ0n) is 16.3. The average Bonchev–Trinajstić information content (AvgIpc) is 2.67. The number of hydrogen-bond acceptors (Lipinski definition) is 2. The average molecular weight is 466 g/mol. The van der Waals surface area contributed by atoms with Crippen molar-refractivity contribution in [1.82, 2.24) is 10.2 Å². The first-order valence-electron chi connectivity index (χ1n) is 9.46. The van der Waals surface area contributed by atoms with Gasteiger partial charge in [0.15, 0.2) is 0 Å². The number of carbonyl (C=O) groups excluding carboxylic acids is 2. The number of benzene rings is 2. The van der Waals surface area contributed by atoms with Crippen molar-refractivity contribution in [3.05, 3.63) is 69.2 Å². The smallest absolute Gasteiger partial charge is 0.242 e. The van der Waals surface area contributed by atoms with E-state index in [1.54, 1.807) is 24.0 Å². The van der Waals surface area contributed by atoms with Crippen LogP contribution in [-0.2, 0) is 22.6 Å². The van der Waals surface area contributed by atoms with Crippen LogP contribution >= 0.6 is 27.5 Å². The SMILES string of the molecule is CCCCNC(=O)[C@H](C)N(Cc1cccc(Br)c1)C(=O)Cc1ccc(Cl)cc1. The van der Waals surface area contributed by atoms with Gasteiger partial charge < -0.3 is 10.2 Å². The molecule has 2 rings (SSSR count). The van der Waals surface area contributed by atoms with Crippen LogP contribution in [0.4, 0.5) is 0 Å². The second-order valence-electron chi connectivity index (χ2n) is 6.78. The standard InChI is InChI=1S/C22H26BrClN2O2/c1-3-4-12-25-22(28)16(2)26(15-18-6-5-7-19(23)13-18)21(27)14-17-8-10-20(24)11-9-17/h5-11,13,16H,3-4,12,14-15H2,1-2H3,(H,25,28)/t16-/m0/s1. The monoisotopic (exact) mass is 464 g/mol. The van der Waals surface area contributed by atoms with Crippen LogP contribution in [0, 0.1) is 0 Å². The van der Waals surface area contributed by atoms with Crippen LogP contribution in [0.1, 0.15) is 37.8 Å². The van der Waals surface area contributed by atoms with Crippen LogP contribution in [0.25, 0.3) is 0 Å². The normalized spacial score (nSPS) is 11.7. The summed E-state index contributed by atoms with van der Waals surface area (Å²) < 4.78 is 0.940. The van der Waals surface area contributed by atoms with Gasteiger partial charge in [-0.2, -0.15) is 0 Å². The fourth-order valence-corrected chi connectivity index (χ4v) is 3.40. The summed E-state index contributed by atoms with van der Waals surface area (Å²) in [5, 5.41) is 3.56. The van der Waals surface area contributed by atoms with Crippen molar-refractivity contribution < 1.29 is 9.59 Å². The van der Waals surface area contributed by atoms with E-state index in [1.807, 2.05) is 36.4 Å². The fraction of sp³-hybridized carbons (Fsp3) is 0.364. The van der Waals surface area contributed by atoms with Crippen molar-refractivity contribution in [3.8, 4) is 0 Å². The minimum atomic E-state index is -0.560. The first-order valence-corrected chi connectivity index (χ1v) is 10.6. The number of nitrogens with zero attached hydrogens (tertiary/aromatic N) is 1. The van der Waals surface area contributed by atoms with E-state index in [0.717, 1.165) is 28.4 Å². The molecule has 0 aliphatic carbocycles. The minimum absolute atomic E-state index is 0.0968. The summed E-state index contributed by atoms with van der Waals surface area (Å²) in [7, 11) is 0. The molecule has 0 bridgehead atoms. The van der Waals surface area contributed by atoms with Crippen molar-refractivity contribution in [2.45, 2.75) is 45.7 Å². The molecule has 2 aromatic carbocycles. The molecule has 0 aliphatic heterocycles. The maximum absolute atomic E-state index is 13.1. The molecule has 2 aromatic rings. The highest BCUT2D eigenvalue weighted by Crippen LogP contribution is 2.17. The molecule has 0 saturated heterocycles. The third kappa shape index (κ3) is 6.95. The van der Waals surface area contributed by atoms with E-state index < -0.39 is 6.04 Å². The van der Waals surface area contributed by atoms with E-state index in [-0.39, 0.29) is 18.2 Å². The van der Waals surface area contributed by atoms with E-state index in [9.17, 15) is 9.59 Å². The van der Waals surface area contributed by atoms with Gasteiger partial charge in [-0.25, -0.2) is 0 Å². The Kier molecular flexibility index (Phi) is 9.00. The van der Waals surface area contributed by atoms with Gasteiger partial charge in [0.05, 0.1) is 6.42 Å². The molecular weight excluding hydrogens is 440 g/mol. The van der Waals surface area contributed by atoms with Crippen LogP contribution in [0.3, 0.4) is 0 Å². The molecule has 0 fully saturated rings. The topological polar surface area (TPSA) is 49.4 Å². The fourth-order valence-electron chi connectivity index (χ4n) is 2.83. The number of hydrogen-bond donors (Lipinski definition) is 1. The molecular formula is C22H26BrClN2O2. The van der Waals surface area contributed by atoms with Gasteiger partial charge in [-0.05, 0) is 48.7 Å². The molecule has 4 nitrogen and oxygen atoms in total. The summed E-state index contributed by atoms with van der Waals surface area (Å²) in [4.78, 5) is 27.3. The lowest BCUT2D eigenvalue weighted by Gasteiger charge is -2.29. The van der Waals surface area contributed by atoms with Gasteiger partial charge in [0.25, 0.3) is 0 Å². The van der Waals surface area contributed by atoms with Crippen LogP contribution < -0.4 is 5.32 Å². The van der Waals surface area contributed by atoms with E-state index >= 15 is 0 Å². The minimum Gasteiger partial charge on any atom is -0.354 e. The van der Waals surface area contributed by atoms with Gasteiger partial charge in [-0.15, -0.1) is 0 Å². The molecule has 0 heterocycles. The molecule has 6 heteroatoms. The summed E-state index contributed by atoms with van der Waals surface area (Å²) >= 11 is 9.40. The molecule has 0 saturated carbocycles. The molecule has 1 N–H and O–H groups in total. The maximum atomic E-state index is 13.1. The number of rotatable bonds is 9. The zero-order chi connectivity index (χ0) is 20.5. The van der Waals surface area contributed by atoms with Gasteiger partial charge in [-0.3, -0.25) is 9.59 Å². The Balaban J connectivity index is 2.17. The Morgan fingerprint density at radius 2 is 1.86 bits per heavy atom. The number of nitrogens with one attached hydrogen (secondary N) is 1. The van der Waals surface area contributed by atoms with Gasteiger partial charge in [0, 0.05) is 22.6 Å². The predicted molar refractivity (Wildman–Crippen MR) is 117 cm³/mol. The van der Waals surface area contributed by atoms with Gasteiger partial charge in [-0.1, -0.05) is 65.1 Å². The molecule has 1 atom stereocenters. The highest BCUT2D eigenvalue weighted by molar-refractivity contribution is 9.10. The number of unbranched alkanes of at least 4 members (excludes halogenated alkanes) is 1. The number of carbonyl (C=O) groups is 2. The zero-order valence-corrected chi connectivity index (χ0v) is 18.6. The Labute approximate surface area is 180 Å². The third-order valence-corrected chi connectivity index (χ3v) is 5.25. The summed E-state index contributed by atoms with van der Waals surface area (Å²) in [5.41, 5.74) is 1.83. The Morgan fingerprint density at radius 3 is 2.50 bits per heavy atom. The summed E-state index contributed by atoms with van der Waals surface area (Å²) in [5.74, 6) is -0.228. The van der Waals surface area contributed by atoms with Crippen molar-refractivity contribution >= 4 is 39.3 Å². The molecule has 28 heavy (non-hydrogen) atoms. The largest absolute Gasteiger partial charge is 0.354 e. The highest BCUT2D eigenvalue weighted by atomic mass is 79.9. The van der Waals surface area contributed by atoms with Crippen molar-refractivity contribution in [2.24, 2.45) is 0 Å². The summed E-state index contributed by atoms with van der Waals surface area (Å²) in [6.45, 7) is 4.84. The lowest BCUT2D eigenvalue weighted by Crippen LogP contribution is -2.48. The van der Waals surface area contributed by atoms with Crippen molar-refractivity contribution in [2.75, 3.05) is 6.54 Å². The van der Waals surface area contributed by atoms with Crippen molar-refractivity contribution in [3.63, 3.8) is 0 Å². The molecule has 0 spiro atoms. The summed E-state index contributed by atoms with van der Waals surface area (Å²) in [6.07, 6.45) is 2.15. The number of amides is 2. The highest BCUT2D eigenvalue weighted by Gasteiger charge is 2.26. The van der Waals surface area contributed by atoms with E-state index in [0.29, 0.717) is 18.1 Å². The molecule has 2 amide bonds. The molecule has 0 aromatic heterocycles. The first-order chi connectivity index (χ1) is 13.4. The maximum Gasteiger partial charge on any atom is 0.242 e.